The van der Waals surface area contributed by atoms with Crippen molar-refractivity contribution >= 4 is 0 Å². The van der Waals surface area contributed by atoms with Gasteiger partial charge in [-0.25, -0.2) is 4.39 Å². The molecule has 0 spiro atoms. The molecular formula is C25H34FNO. The van der Waals surface area contributed by atoms with Gasteiger partial charge in [0.25, 0.3) is 0 Å². The van der Waals surface area contributed by atoms with E-state index in [0.717, 1.165) is 30.8 Å². The second-order valence-electron chi connectivity index (χ2n) is 7.97. The van der Waals surface area contributed by atoms with E-state index in [2.05, 4.69) is 17.0 Å². The molecule has 3 heteroatoms. The molecule has 2 aromatic rings. The topological polar surface area (TPSA) is 12.5 Å². The third-order valence-corrected chi connectivity index (χ3v) is 5.58. The summed E-state index contributed by atoms with van der Waals surface area (Å²) in [4.78, 5) is 2.63. The van der Waals surface area contributed by atoms with Crippen LogP contribution in [-0.4, -0.2) is 31.1 Å². The number of nitrogens with zero attached hydrogens (tertiary/aromatic N) is 1. The Morgan fingerprint density at radius 3 is 2.04 bits per heavy atom. The van der Waals surface area contributed by atoms with E-state index in [1.54, 1.807) is 0 Å². The second-order valence-corrected chi connectivity index (χ2v) is 7.97. The normalized spacial score (nSPS) is 14.9. The number of unbranched alkanes of at least 4 members (excludes halogenated alkanes) is 4. The largest absolute Gasteiger partial charge is 0.494 e. The highest BCUT2D eigenvalue weighted by atomic mass is 19.1. The number of hydrogen-bond donors (Lipinski definition) is 0. The average Bonchev–Trinajstić information content (AvgIpc) is 2.73. The van der Waals surface area contributed by atoms with Crippen molar-refractivity contribution in [1.82, 2.24) is 4.90 Å². The molecule has 1 saturated heterocycles. The lowest BCUT2D eigenvalue weighted by molar-refractivity contribution is 0.223. The Morgan fingerprint density at radius 2 is 1.32 bits per heavy atom. The molecule has 0 radical (unpaired) electrons. The Bertz CT molecular complexity index is 662. The molecule has 1 aliphatic heterocycles. The van der Waals surface area contributed by atoms with Gasteiger partial charge in [-0.15, -0.1) is 0 Å². The molecule has 2 nitrogen and oxygen atoms in total. The van der Waals surface area contributed by atoms with Crippen LogP contribution in [0.4, 0.5) is 4.39 Å². The van der Waals surface area contributed by atoms with Crippen LogP contribution in [0.2, 0.25) is 0 Å². The summed E-state index contributed by atoms with van der Waals surface area (Å²) in [5.41, 5.74) is 2.34. The summed E-state index contributed by atoms with van der Waals surface area (Å²) in [7, 11) is 0. The summed E-state index contributed by atoms with van der Waals surface area (Å²) in [5, 5.41) is 0. The van der Waals surface area contributed by atoms with E-state index in [1.807, 2.05) is 24.3 Å². The molecule has 0 amide bonds. The summed E-state index contributed by atoms with van der Waals surface area (Å²) in [5.74, 6) is 0.752. The molecule has 1 heterocycles. The van der Waals surface area contributed by atoms with Crippen molar-refractivity contribution in [3.8, 4) is 5.75 Å². The molecule has 28 heavy (non-hydrogen) atoms. The maximum absolute atomic E-state index is 13.0. The highest BCUT2D eigenvalue weighted by Crippen LogP contribution is 2.16. The van der Waals surface area contributed by atoms with Gasteiger partial charge in [-0.1, -0.05) is 49.9 Å². The van der Waals surface area contributed by atoms with Crippen LogP contribution >= 0.6 is 0 Å². The van der Waals surface area contributed by atoms with Gasteiger partial charge in [-0.3, -0.25) is 0 Å². The summed E-state index contributed by atoms with van der Waals surface area (Å²) in [6.07, 6.45) is 11.4. The molecule has 3 rings (SSSR count). The van der Waals surface area contributed by atoms with Crippen LogP contribution in [0.1, 0.15) is 62.5 Å². The predicted molar refractivity (Wildman–Crippen MR) is 115 cm³/mol. The first-order chi connectivity index (χ1) is 13.8. The third kappa shape index (κ3) is 7.63. The summed E-state index contributed by atoms with van der Waals surface area (Å²) >= 11 is 0. The van der Waals surface area contributed by atoms with Crippen LogP contribution in [0.15, 0.2) is 48.5 Å². The van der Waals surface area contributed by atoms with E-state index in [9.17, 15) is 4.39 Å². The smallest absolute Gasteiger partial charge is 0.123 e. The molecule has 0 aromatic heterocycles. The van der Waals surface area contributed by atoms with Gasteiger partial charge in [-0.2, -0.15) is 0 Å². The van der Waals surface area contributed by atoms with Crippen LogP contribution in [0.3, 0.4) is 0 Å². The van der Waals surface area contributed by atoms with Gasteiger partial charge in [0.1, 0.15) is 11.6 Å². The molecule has 2 aromatic carbocycles. The lowest BCUT2D eigenvalue weighted by Crippen LogP contribution is -2.30. The standard InChI is InChI=1S/C25H34FNO/c26-24-13-9-22(10-14-24)21-23-11-15-25(16-12-23)28-20-8-3-1-2-5-17-27-18-6-4-7-19-27/h9-16H,1-8,17-21H2. The molecule has 1 aliphatic rings. The minimum atomic E-state index is -0.186. The Kier molecular flexibility index (Phi) is 8.83. The first kappa shape index (κ1) is 20.9. The fourth-order valence-electron chi connectivity index (χ4n) is 3.88. The predicted octanol–water partition coefficient (Wildman–Crippen LogP) is 6.23. The van der Waals surface area contributed by atoms with Gasteiger partial charge >= 0.3 is 0 Å². The fraction of sp³-hybridized carbons (Fsp3) is 0.520. The molecule has 0 saturated carbocycles. The first-order valence-corrected chi connectivity index (χ1v) is 11.0. The molecule has 0 atom stereocenters. The van der Waals surface area contributed by atoms with Gasteiger partial charge in [0.2, 0.25) is 0 Å². The number of halogens is 1. The van der Waals surface area contributed by atoms with Gasteiger partial charge in [-0.05, 0) is 87.1 Å². The zero-order valence-electron chi connectivity index (χ0n) is 17.0. The fourth-order valence-corrected chi connectivity index (χ4v) is 3.88. The number of likely N-dealkylation sites (tertiary alicyclic amines) is 1. The van der Waals surface area contributed by atoms with E-state index >= 15 is 0 Å². The van der Waals surface area contributed by atoms with Crippen LogP contribution < -0.4 is 4.74 Å². The quantitative estimate of drug-likeness (QED) is 0.426. The van der Waals surface area contributed by atoms with E-state index in [0.29, 0.717) is 0 Å². The maximum Gasteiger partial charge on any atom is 0.123 e. The molecule has 0 unspecified atom stereocenters. The molecular weight excluding hydrogens is 349 g/mol. The first-order valence-electron chi connectivity index (χ1n) is 11.0. The molecule has 0 bridgehead atoms. The Labute approximate surface area is 169 Å². The van der Waals surface area contributed by atoms with Crippen LogP contribution in [0, 0.1) is 5.82 Å². The summed E-state index contributed by atoms with van der Waals surface area (Å²) in [6.45, 7) is 4.72. The number of benzene rings is 2. The average molecular weight is 384 g/mol. The zero-order valence-corrected chi connectivity index (χ0v) is 17.0. The Morgan fingerprint density at radius 1 is 0.714 bits per heavy atom. The zero-order chi connectivity index (χ0) is 19.4. The molecule has 0 N–H and O–H groups in total. The van der Waals surface area contributed by atoms with E-state index in [-0.39, 0.29) is 5.82 Å². The maximum atomic E-state index is 13.0. The lowest BCUT2D eigenvalue weighted by Gasteiger charge is -2.26. The SMILES string of the molecule is Fc1ccc(Cc2ccc(OCCCCCCCN3CCCCC3)cc2)cc1. The third-order valence-electron chi connectivity index (χ3n) is 5.58. The lowest BCUT2D eigenvalue weighted by atomic mass is 10.1. The monoisotopic (exact) mass is 383 g/mol. The van der Waals surface area contributed by atoms with Crippen LogP contribution in [0.25, 0.3) is 0 Å². The van der Waals surface area contributed by atoms with E-state index in [4.69, 9.17) is 4.74 Å². The van der Waals surface area contributed by atoms with E-state index in [1.165, 1.54) is 82.3 Å². The Balaban J connectivity index is 1.23. The Hall–Kier alpha value is -1.87. The van der Waals surface area contributed by atoms with E-state index < -0.39 is 0 Å². The van der Waals surface area contributed by atoms with Gasteiger partial charge < -0.3 is 9.64 Å². The minimum Gasteiger partial charge on any atom is -0.494 e. The number of piperidine rings is 1. The van der Waals surface area contributed by atoms with Crippen molar-refractivity contribution in [2.24, 2.45) is 0 Å². The van der Waals surface area contributed by atoms with Crippen molar-refractivity contribution in [2.75, 3.05) is 26.2 Å². The summed E-state index contributed by atoms with van der Waals surface area (Å²) < 4.78 is 18.8. The minimum absolute atomic E-state index is 0.186. The van der Waals surface area contributed by atoms with Crippen molar-refractivity contribution < 1.29 is 9.13 Å². The van der Waals surface area contributed by atoms with Gasteiger partial charge in [0.05, 0.1) is 6.61 Å². The van der Waals surface area contributed by atoms with Gasteiger partial charge in [0, 0.05) is 0 Å². The van der Waals surface area contributed by atoms with Crippen LogP contribution in [-0.2, 0) is 6.42 Å². The van der Waals surface area contributed by atoms with Gasteiger partial charge in [0.15, 0.2) is 0 Å². The second kappa shape index (κ2) is 11.9. The molecule has 152 valence electrons. The van der Waals surface area contributed by atoms with Crippen molar-refractivity contribution in [3.63, 3.8) is 0 Å². The summed E-state index contributed by atoms with van der Waals surface area (Å²) in [6, 6.07) is 15.0. The number of hydrogen-bond acceptors (Lipinski definition) is 2. The number of ether oxygens (including phenoxy) is 1. The van der Waals surface area contributed by atoms with Crippen LogP contribution in [0.5, 0.6) is 5.75 Å². The van der Waals surface area contributed by atoms with Crippen molar-refractivity contribution in [1.29, 1.82) is 0 Å². The molecule has 1 fully saturated rings. The molecule has 0 aliphatic carbocycles. The highest BCUT2D eigenvalue weighted by Gasteiger charge is 2.08. The van der Waals surface area contributed by atoms with Crippen molar-refractivity contribution in [3.05, 3.63) is 65.5 Å². The van der Waals surface area contributed by atoms with Crippen molar-refractivity contribution in [2.45, 2.75) is 57.8 Å². The number of rotatable bonds is 11. The highest BCUT2D eigenvalue weighted by molar-refractivity contribution is 5.31.